The Bertz CT molecular complexity index is 677. The molecule has 1 amide bonds. The highest BCUT2D eigenvalue weighted by Gasteiger charge is 2.25. The SMILES string of the molecule is O=C(NC1CCNCC1O)c1ccnc2cc(Cl)ccc12. The second kappa shape index (κ2) is 5.97. The number of carbonyl (C=O) groups is 1. The lowest BCUT2D eigenvalue weighted by atomic mass is 10.0. The van der Waals surface area contributed by atoms with Gasteiger partial charge in [-0.15, -0.1) is 0 Å². The molecule has 1 aliphatic heterocycles. The topological polar surface area (TPSA) is 74.2 Å². The molecule has 2 heterocycles. The second-order valence-corrected chi connectivity index (χ2v) is 5.60. The van der Waals surface area contributed by atoms with Gasteiger partial charge in [-0.2, -0.15) is 0 Å². The molecule has 0 saturated carbocycles. The van der Waals surface area contributed by atoms with Gasteiger partial charge in [0.25, 0.3) is 5.91 Å². The monoisotopic (exact) mass is 305 g/mol. The minimum Gasteiger partial charge on any atom is -0.390 e. The number of amides is 1. The van der Waals surface area contributed by atoms with Crippen molar-refractivity contribution in [2.45, 2.75) is 18.6 Å². The normalized spacial score (nSPS) is 22.2. The maximum atomic E-state index is 12.5. The Labute approximate surface area is 127 Å². The second-order valence-electron chi connectivity index (χ2n) is 5.16. The summed E-state index contributed by atoms with van der Waals surface area (Å²) in [5.74, 6) is -0.198. The number of aromatic nitrogens is 1. The molecule has 0 aliphatic carbocycles. The molecule has 1 saturated heterocycles. The largest absolute Gasteiger partial charge is 0.390 e. The summed E-state index contributed by atoms with van der Waals surface area (Å²) >= 11 is 5.94. The first-order chi connectivity index (χ1) is 10.1. The number of aliphatic hydroxyl groups excluding tert-OH is 1. The van der Waals surface area contributed by atoms with Crippen LogP contribution >= 0.6 is 11.6 Å². The molecular formula is C15H16ClN3O2. The van der Waals surface area contributed by atoms with Gasteiger partial charge in [0.1, 0.15) is 0 Å². The van der Waals surface area contributed by atoms with E-state index in [1.807, 2.05) is 0 Å². The van der Waals surface area contributed by atoms with Crippen LogP contribution in [0, 0.1) is 0 Å². The van der Waals surface area contributed by atoms with Crippen molar-refractivity contribution in [1.29, 1.82) is 0 Å². The molecule has 1 aliphatic rings. The average Bonchev–Trinajstić information content (AvgIpc) is 2.48. The van der Waals surface area contributed by atoms with Crippen molar-refractivity contribution in [3.63, 3.8) is 0 Å². The molecule has 6 heteroatoms. The lowest BCUT2D eigenvalue weighted by Crippen LogP contribution is -2.52. The third-order valence-electron chi connectivity index (χ3n) is 3.72. The van der Waals surface area contributed by atoms with Crippen LogP contribution in [0.3, 0.4) is 0 Å². The number of carbonyl (C=O) groups excluding carboxylic acids is 1. The predicted molar refractivity (Wildman–Crippen MR) is 81.5 cm³/mol. The van der Waals surface area contributed by atoms with E-state index in [2.05, 4.69) is 15.6 Å². The summed E-state index contributed by atoms with van der Waals surface area (Å²) in [6.07, 6.45) is 1.74. The maximum Gasteiger partial charge on any atom is 0.252 e. The van der Waals surface area contributed by atoms with Gasteiger partial charge in [0.05, 0.1) is 23.2 Å². The highest BCUT2D eigenvalue weighted by Crippen LogP contribution is 2.21. The zero-order valence-electron chi connectivity index (χ0n) is 11.3. The Kier molecular flexibility index (Phi) is 4.05. The smallest absolute Gasteiger partial charge is 0.252 e. The highest BCUT2D eigenvalue weighted by molar-refractivity contribution is 6.31. The number of aliphatic hydroxyl groups is 1. The van der Waals surface area contributed by atoms with E-state index in [0.717, 1.165) is 11.9 Å². The number of piperidine rings is 1. The molecule has 2 aromatic rings. The van der Waals surface area contributed by atoms with Crippen LogP contribution in [0.1, 0.15) is 16.8 Å². The van der Waals surface area contributed by atoms with E-state index in [0.29, 0.717) is 29.1 Å². The molecular weight excluding hydrogens is 290 g/mol. The maximum absolute atomic E-state index is 12.5. The van der Waals surface area contributed by atoms with Crippen molar-refractivity contribution in [3.8, 4) is 0 Å². The summed E-state index contributed by atoms with van der Waals surface area (Å²) in [5.41, 5.74) is 1.23. The van der Waals surface area contributed by atoms with Gasteiger partial charge in [0.15, 0.2) is 0 Å². The zero-order valence-corrected chi connectivity index (χ0v) is 12.1. The van der Waals surface area contributed by atoms with Gasteiger partial charge < -0.3 is 15.7 Å². The fourth-order valence-corrected chi connectivity index (χ4v) is 2.74. The number of pyridine rings is 1. The van der Waals surface area contributed by atoms with Gasteiger partial charge in [-0.3, -0.25) is 9.78 Å². The quantitative estimate of drug-likeness (QED) is 0.783. The summed E-state index contributed by atoms with van der Waals surface area (Å²) in [6, 6.07) is 6.71. The van der Waals surface area contributed by atoms with Gasteiger partial charge in [0.2, 0.25) is 0 Å². The number of fused-ring (bicyclic) bond motifs is 1. The molecule has 21 heavy (non-hydrogen) atoms. The third-order valence-corrected chi connectivity index (χ3v) is 3.95. The first-order valence-corrected chi connectivity index (χ1v) is 7.27. The predicted octanol–water partition coefficient (Wildman–Crippen LogP) is 1.34. The van der Waals surface area contributed by atoms with E-state index in [1.165, 1.54) is 0 Å². The number of benzene rings is 1. The summed E-state index contributed by atoms with van der Waals surface area (Å²) in [4.78, 5) is 16.7. The number of rotatable bonds is 2. The molecule has 0 spiro atoms. The Balaban J connectivity index is 1.87. The van der Waals surface area contributed by atoms with E-state index >= 15 is 0 Å². The summed E-state index contributed by atoms with van der Waals surface area (Å²) in [7, 11) is 0. The van der Waals surface area contributed by atoms with Crippen LogP contribution in [0.15, 0.2) is 30.5 Å². The van der Waals surface area contributed by atoms with Crippen molar-refractivity contribution in [2.24, 2.45) is 0 Å². The van der Waals surface area contributed by atoms with Gasteiger partial charge >= 0.3 is 0 Å². The van der Waals surface area contributed by atoms with Crippen LogP contribution in [0.4, 0.5) is 0 Å². The Morgan fingerprint density at radius 1 is 1.43 bits per heavy atom. The Morgan fingerprint density at radius 3 is 3.10 bits per heavy atom. The molecule has 5 nitrogen and oxygen atoms in total. The lowest BCUT2D eigenvalue weighted by molar-refractivity contribution is 0.0766. The van der Waals surface area contributed by atoms with E-state index in [1.54, 1.807) is 30.5 Å². The molecule has 3 rings (SSSR count). The van der Waals surface area contributed by atoms with Gasteiger partial charge in [-0.05, 0) is 31.2 Å². The average molecular weight is 306 g/mol. The van der Waals surface area contributed by atoms with E-state index in [4.69, 9.17) is 11.6 Å². The van der Waals surface area contributed by atoms with E-state index < -0.39 is 6.10 Å². The van der Waals surface area contributed by atoms with Crippen molar-refractivity contribution in [2.75, 3.05) is 13.1 Å². The molecule has 1 fully saturated rings. The number of nitrogens with one attached hydrogen (secondary N) is 2. The molecule has 0 radical (unpaired) electrons. The van der Waals surface area contributed by atoms with Crippen LogP contribution in [0.2, 0.25) is 5.02 Å². The van der Waals surface area contributed by atoms with Crippen molar-refractivity contribution >= 4 is 28.4 Å². The molecule has 1 aromatic heterocycles. The molecule has 1 aromatic carbocycles. The number of hydrogen-bond donors (Lipinski definition) is 3. The van der Waals surface area contributed by atoms with Crippen LogP contribution in [-0.2, 0) is 0 Å². The van der Waals surface area contributed by atoms with Crippen molar-refractivity contribution in [3.05, 3.63) is 41.0 Å². The molecule has 2 atom stereocenters. The van der Waals surface area contributed by atoms with Crippen molar-refractivity contribution < 1.29 is 9.90 Å². The third kappa shape index (κ3) is 3.00. The van der Waals surface area contributed by atoms with Gasteiger partial charge in [-0.1, -0.05) is 17.7 Å². The van der Waals surface area contributed by atoms with Crippen LogP contribution in [-0.4, -0.2) is 41.2 Å². The van der Waals surface area contributed by atoms with Crippen LogP contribution in [0.25, 0.3) is 10.9 Å². The van der Waals surface area contributed by atoms with Gasteiger partial charge in [-0.25, -0.2) is 0 Å². The summed E-state index contributed by atoms with van der Waals surface area (Å²) < 4.78 is 0. The first kappa shape index (κ1) is 14.3. The molecule has 2 unspecified atom stereocenters. The molecule has 0 bridgehead atoms. The fourth-order valence-electron chi connectivity index (χ4n) is 2.58. The van der Waals surface area contributed by atoms with Crippen molar-refractivity contribution in [1.82, 2.24) is 15.6 Å². The van der Waals surface area contributed by atoms with E-state index in [-0.39, 0.29) is 11.9 Å². The minimum absolute atomic E-state index is 0.198. The van der Waals surface area contributed by atoms with Crippen LogP contribution in [0.5, 0.6) is 0 Å². The Morgan fingerprint density at radius 2 is 2.29 bits per heavy atom. The number of β-amino-alcohol motifs (C(OH)–C–C–N with tert-alkyl or cyclic N) is 1. The standard InChI is InChI=1S/C15H16ClN3O2/c16-9-1-2-10-11(3-6-18-13(10)7-9)15(21)19-12-4-5-17-8-14(12)20/h1-3,6-7,12,14,17,20H,4-5,8H2,(H,19,21). The minimum atomic E-state index is -0.565. The number of halogens is 1. The highest BCUT2D eigenvalue weighted by atomic mass is 35.5. The van der Waals surface area contributed by atoms with E-state index in [9.17, 15) is 9.90 Å². The molecule has 110 valence electrons. The Hall–Kier alpha value is -1.69. The van der Waals surface area contributed by atoms with Gasteiger partial charge in [0, 0.05) is 23.2 Å². The van der Waals surface area contributed by atoms with Crippen LogP contribution < -0.4 is 10.6 Å². The number of nitrogens with zero attached hydrogens (tertiary/aromatic N) is 1. The number of hydrogen-bond acceptors (Lipinski definition) is 4. The molecule has 3 N–H and O–H groups in total. The fraction of sp³-hybridized carbons (Fsp3) is 0.333. The zero-order chi connectivity index (χ0) is 14.8. The summed E-state index contributed by atoms with van der Waals surface area (Å²) in [6.45, 7) is 1.28. The lowest BCUT2D eigenvalue weighted by Gasteiger charge is -2.29. The first-order valence-electron chi connectivity index (χ1n) is 6.89. The summed E-state index contributed by atoms with van der Waals surface area (Å²) in [5, 5.41) is 17.2.